The molecule has 0 saturated heterocycles. The number of aliphatic hydroxyl groups excluding tert-OH is 1. The van der Waals surface area contributed by atoms with Crippen molar-refractivity contribution in [1.29, 1.82) is 0 Å². The Morgan fingerprint density at radius 1 is 1.53 bits per heavy atom. The molecule has 0 radical (unpaired) electrons. The number of nitrogens with zero attached hydrogens (tertiary/aromatic N) is 3. The number of pyridine rings is 1. The van der Waals surface area contributed by atoms with Gasteiger partial charge in [0.1, 0.15) is 6.10 Å². The number of aliphatic hydroxyl groups is 1. The summed E-state index contributed by atoms with van der Waals surface area (Å²) in [6.45, 7) is 2.77. The SMILES string of the molecule is CCn1cc(C(O)c2cccnc2OC)cn1. The molecule has 0 aliphatic rings. The smallest absolute Gasteiger partial charge is 0.219 e. The summed E-state index contributed by atoms with van der Waals surface area (Å²) in [6.07, 6.45) is 4.33. The second kappa shape index (κ2) is 4.97. The van der Waals surface area contributed by atoms with Gasteiger partial charge >= 0.3 is 0 Å². The number of hydrogen-bond donors (Lipinski definition) is 1. The lowest BCUT2D eigenvalue weighted by atomic mass is 10.1. The lowest BCUT2D eigenvalue weighted by Gasteiger charge is -2.11. The number of aryl methyl sites for hydroxylation is 1. The minimum absolute atomic E-state index is 0.434. The van der Waals surface area contributed by atoms with E-state index in [1.165, 1.54) is 7.11 Å². The normalized spacial score (nSPS) is 12.4. The van der Waals surface area contributed by atoms with Gasteiger partial charge in [0.05, 0.1) is 13.3 Å². The van der Waals surface area contributed by atoms with Gasteiger partial charge in [-0.15, -0.1) is 0 Å². The highest BCUT2D eigenvalue weighted by molar-refractivity contribution is 5.33. The van der Waals surface area contributed by atoms with Gasteiger partial charge in [0.25, 0.3) is 0 Å². The molecule has 2 rings (SSSR count). The van der Waals surface area contributed by atoms with Crippen LogP contribution in [0.2, 0.25) is 0 Å². The Kier molecular flexibility index (Phi) is 3.39. The molecule has 0 saturated carbocycles. The van der Waals surface area contributed by atoms with Gasteiger partial charge in [-0.2, -0.15) is 5.10 Å². The topological polar surface area (TPSA) is 60.2 Å². The van der Waals surface area contributed by atoms with Crippen molar-refractivity contribution < 1.29 is 9.84 Å². The summed E-state index contributed by atoms with van der Waals surface area (Å²) >= 11 is 0. The number of aromatic nitrogens is 3. The summed E-state index contributed by atoms with van der Waals surface area (Å²) in [7, 11) is 1.54. The first-order chi connectivity index (χ1) is 8.26. The van der Waals surface area contributed by atoms with E-state index in [0.717, 1.165) is 12.1 Å². The highest BCUT2D eigenvalue weighted by Crippen LogP contribution is 2.27. The van der Waals surface area contributed by atoms with Crippen LogP contribution < -0.4 is 4.74 Å². The molecular weight excluding hydrogens is 218 g/mol. The summed E-state index contributed by atoms with van der Waals surface area (Å²) in [5, 5.41) is 14.4. The monoisotopic (exact) mass is 233 g/mol. The van der Waals surface area contributed by atoms with Gasteiger partial charge in [-0.3, -0.25) is 4.68 Å². The number of methoxy groups -OCH3 is 1. The van der Waals surface area contributed by atoms with Crippen LogP contribution in [0.5, 0.6) is 5.88 Å². The largest absolute Gasteiger partial charge is 0.481 e. The molecule has 0 fully saturated rings. The predicted octanol–water partition coefficient (Wildman–Crippen LogP) is 1.39. The quantitative estimate of drug-likeness (QED) is 0.866. The number of ether oxygens (including phenoxy) is 1. The molecule has 90 valence electrons. The minimum Gasteiger partial charge on any atom is -0.481 e. The van der Waals surface area contributed by atoms with Crippen LogP contribution in [0.25, 0.3) is 0 Å². The van der Waals surface area contributed by atoms with E-state index in [1.54, 1.807) is 29.2 Å². The highest BCUT2D eigenvalue weighted by atomic mass is 16.5. The van der Waals surface area contributed by atoms with Crippen molar-refractivity contribution in [3.8, 4) is 5.88 Å². The summed E-state index contributed by atoms with van der Waals surface area (Å²) < 4.78 is 6.89. The number of hydrogen-bond acceptors (Lipinski definition) is 4. The van der Waals surface area contributed by atoms with Gasteiger partial charge in [0, 0.05) is 30.1 Å². The molecule has 0 aliphatic heterocycles. The first-order valence-electron chi connectivity index (χ1n) is 5.45. The van der Waals surface area contributed by atoms with E-state index >= 15 is 0 Å². The van der Waals surface area contributed by atoms with Crippen LogP contribution in [0.3, 0.4) is 0 Å². The average Bonchev–Trinajstić information content (AvgIpc) is 2.86. The van der Waals surface area contributed by atoms with Crippen molar-refractivity contribution in [2.45, 2.75) is 19.6 Å². The zero-order chi connectivity index (χ0) is 12.3. The molecule has 0 aliphatic carbocycles. The molecule has 0 spiro atoms. The van der Waals surface area contributed by atoms with Crippen molar-refractivity contribution in [1.82, 2.24) is 14.8 Å². The molecule has 1 unspecified atom stereocenters. The van der Waals surface area contributed by atoms with Crippen LogP contribution in [0, 0.1) is 0 Å². The Labute approximate surface area is 99.7 Å². The van der Waals surface area contributed by atoms with Crippen LogP contribution in [-0.4, -0.2) is 27.0 Å². The standard InChI is InChI=1S/C12H15N3O2/c1-3-15-8-9(7-14-15)11(16)10-5-4-6-13-12(10)17-2/h4-8,11,16H,3H2,1-2H3. The summed E-state index contributed by atoms with van der Waals surface area (Å²) in [5.41, 5.74) is 1.38. The van der Waals surface area contributed by atoms with E-state index in [-0.39, 0.29) is 0 Å². The third kappa shape index (κ3) is 2.29. The van der Waals surface area contributed by atoms with Crippen LogP contribution in [0.1, 0.15) is 24.2 Å². The molecular formula is C12H15N3O2. The van der Waals surface area contributed by atoms with Crippen LogP contribution in [0.4, 0.5) is 0 Å². The second-order valence-corrected chi connectivity index (χ2v) is 3.63. The van der Waals surface area contributed by atoms with E-state index in [0.29, 0.717) is 11.4 Å². The molecule has 5 heteroatoms. The fraction of sp³-hybridized carbons (Fsp3) is 0.333. The minimum atomic E-state index is -0.765. The third-order valence-electron chi connectivity index (χ3n) is 2.58. The Morgan fingerprint density at radius 2 is 2.35 bits per heavy atom. The molecule has 1 N–H and O–H groups in total. The first kappa shape index (κ1) is 11.6. The van der Waals surface area contributed by atoms with Crippen LogP contribution in [0.15, 0.2) is 30.7 Å². The summed E-state index contributed by atoms with van der Waals surface area (Å²) in [5.74, 6) is 0.434. The van der Waals surface area contributed by atoms with Gasteiger partial charge in [-0.05, 0) is 19.1 Å². The molecule has 0 amide bonds. The second-order valence-electron chi connectivity index (χ2n) is 3.63. The van der Waals surface area contributed by atoms with Crippen molar-refractivity contribution in [3.05, 3.63) is 41.9 Å². The Balaban J connectivity index is 2.32. The lowest BCUT2D eigenvalue weighted by molar-refractivity contribution is 0.213. The lowest BCUT2D eigenvalue weighted by Crippen LogP contribution is -2.03. The summed E-state index contributed by atoms with van der Waals surface area (Å²) in [4.78, 5) is 4.06. The molecule has 0 bridgehead atoms. The van der Waals surface area contributed by atoms with E-state index < -0.39 is 6.10 Å². The zero-order valence-electron chi connectivity index (χ0n) is 9.87. The molecule has 2 aromatic heterocycles. The van der Waals surface area contributed by atoms with Gasteiger partial charge in [0.15, 0.2) is 0 Å². The predicted molar refractivity (Wildman–Crippen MR) is 62.8 cm³/mol. The molecule has 2 aromatic rings. The van der Waals surface area contributed by atoms with Crippen molar-refractivity contribution >= 4 is 0 Å². The fourth-order valence-electron chi connectivity index (χ4n) is 1.66. The van der Waals surface area contributed by atoms with E-state index in [1.807, 2.05) is 13.1 Å². The third-order valence-corrected chi connectivity index (χ3v) is 2.58. The van der Waals surface area contributed by atoms with Crippen molar-refractivity contribution in [3.63, 3.8) is 0 Å². The van der Waals surface area contributed by atoms with Crippen LogP contribution in [-0.2, 0) is 6.54 Å². The van der Waals surface area contributed by atoms with E-state index in [2.05, 4.69) is 10.1 Å². The molecule has 1 atom stereocenters. The maximum Gasteiger partial charge on any atom is 0.219 e. The van der Waals surface area contributed by atoms with Gasteiger partial charge in [0.2, 0.25) is 5.88 Å². The molecule has 17 heavy (non-hydrogen) atoms. The summed E-state index contributed by atoms with van der Waals surface area (Å²) in [6, 6.07) is 3.56. The van der Waals surface area contributed by atoms with E-state index in [9.17, 15) is 5.11 Å². The Hall–Kier alpha value is -1.88. The van der Waals surface area contributed by atoms with Crippen molar-refractivity contribution in [2.24, 2.45) is 0 Å². The maximum atomic E-state index is 10.2. The van der Waals surface area contributed by atoms with Gasteiger partial charge in [-0.25, -0.2) is 4.98 Å². The first-order valence-corrected chi connectivity index (χ1v) is 5.45. The van der Waals surface area contributed by atoms with Crippen LogP contribution >= 0.6 is 0 Å². The highest BCUT2D eigenvalue weighted by Gasteiger charge is 2.17. The van der Waals surface area contributed by atoms with Crippen molar-refractivity contribution in [2.75, 3.05) is 7.11 Å². The molecule has 0 aromatic carbocycles. The molecule has 2 heterocycles. The Morgan fingerprint density at radius 3 is 3.00 bits per heavy atom. The zero-order valence-corrected chi connectivity index (χ0v) is 9.87. The number of rotatable bonds is 4. The van der Waals surface area contributed by atoms with Gasteiger partial charge in [-0.1, -0.05) is 0 Å². The van der Waals surface area contributed by atoms with Gasteiger partial charge < -0.3 is 9.84 Å². The molecule has 5 nitrogen and oxygen atoms in total. The fourth-order valence-corrected chi connectivity index (χ4v) is 1.66. The average molecular weight is 233 g/mol. The van der Waals surface area contributed by atoms with E-state index in [4.69, 9.17) is 4.74 Å². The maximum absolute atomic E-state index is 10.2. The Bertz CT molecular complexity index is 496.